The third-order valence-electron chi connectivity index (χ3n) is 4.97. The first-order valence-corrected chi connectivity index (χ1v) is 7.46. The molecule has 1 saturated carbocycles. The minimum Gasteiger partial charge on any atom is -0.298 e. The van der Waals surface area contributed by atoms with Crippen LogP contribution in [0.1, 0.15) is 29.5 Å². The van der Waals surface area contributed by atoms with E-state index in [1.165, 1.54) is 16.7 Å². The molecule has 2 aliphatic carbocycles. The fourth-order valence-corrected chi connectivity index (χ4v) is 3.69. The molecule has 0 unspecified atom stereocenters. The summed E-state index contributed by atoms with van der Waals surface area (Å²) in [6.45, 7) is 0. The van der Waals surface area contributed by atoms with Gasteiger partial charge in [-0.25, -0.2) is 0 Å². The Labute approximate surface area is 119 Å². The third kappa shape index (κ3) is 1.73. The van der Waals surface area contributed by atoms with Gasteiger partial charge in [0.2, 0.25) is 0 Å². The monoisotopic (exact) mass is 262 g/mol. The van der Waals surface area contributed by atoms with Crippen molar-refractivity contribution in [2.45, 2.75) is 31.1 Å². The second-order valence-electron chi connectivity index (χ2n) is 6.19. The van der Waals surface area contributed by atoms with Crippen LogP contribution in [0.5, 0.6) is 0 Å². The summed E-state index contributed by atoms with van der Waals surface area (Å²) < 4.78 is 0. The van der Waals surface area contributed by atoms with Crippen molar-refractivity contribution in [1.82, 2.24) is 0 Å². The van der Waals surface area contributed by atoms with Gasteiger partial charge in [0.15, 0.2) is 0 Å². The van der Waals surface area contributed by atoms with E-state index in [-0.39, 0.29) is 11.3 Å². The highest BCUT2D eigenvalue weighted by Gasteiger charge is 2.53. The average Bonchev–Trinajstić information content (AvgIpc) is 3.20. The smallest absolute Gasteiger partial charge is 0.147 e. The number of fused-ring (bicyclic) bond motifs is 1. The molecule has 2 aromatic rings. The van der Waals surface area contributed by atoms with E-state index in [0.717, 1.165) is 25.7 Å². The summed E-state index contributed by atoms with van der Waals surface area (Å²) in [4.78, 5) is 13.0. The van der Waals surface area contributed by atoms with E-state index in [9.17, 15) is 4.79 Å². The van der Waals surface area contributed by atoms with Gasteiger partial charge in [-0.2, -0.15) is 0 Å². The Morgan fingerprint density at radius 3 is 1.95 bits per heavy atom. The highest BCUT2D eigenvalue weighted by atomic mass is 16.1. The first-order valence-electron chi connectivity index (χ1n) is 7.46. The van der Waals surface area contributed by atoms with Gasteiger partial charge in [0.25, 0.3) is 0 Å². The van der Waals surface area contributed by atoms with Gasteiger partial charge in [-0.3, -0.25) is 4.79 Å². The average molecular weight is 262 g/mol. The summed E-state index contributed by atoms with van der Waals surface area (Å²) in [5.41, 5.74) is 3.80. The zero-order valence-electron chi connectivity index (χ0n) is 11.5. The van der Waals surface area contributed by atoms with Gasteiger partial charge in [-0.1, -0.05) is 54.6 Å². The summed E-state index contributed by atoms with van der Waals surface area (Å²) in [5, 5.41) is 0. The lowest BCUT2D eigenvalue weighted by Crippen LogP contribution is -2.28. The molecule has 0 aromatic heterocycles. The Balaban J connectivity index is 1.61. The Morgan fingerprint density at radius 1 is 0.850 bits per heavy atom. The number of Topliss-reactive ketones (excluding diaryl/α,β-unsaturated/α-hetero) is 1. The quantitative estimate of drug-likeness (QED) is 0.824. The molecule has 0 saturated heterocycles. The number of carbonyl (C=O) groups is 1. The molecule has 0 N–H and O–H groups in total. The Kier molecular flexibility index (Phi) is 2.56. The summed E-state index contributed by atoms with van der Waals surface area (Å²) in [5.74, 6) is 0.662. The first-order chi connectivity index (χ1) is 9.79. The number of benzene rings is 2. The van der Waals surface area contributed by atoms with E-state index in [0.29, 0.717) is 5.78 Å². The second-order valence-corrected chi connectivity index (χ2v) is 6.19. The molecule has 0 heterocycles. The zero-order valence-corrected chi connectivity index (χ0v) is 11.5. The molecule has 0 radical (unpaired) electrons. The van der Waals surface area contributed by atoms with Crippen molar-refractivity contribution in [1.29, 1.82) is 0 Å². The van der Waals surface area contributed by atoms with Crippen LogP contribution in [-0.2, 0) is 23.1 Å². The summed E-state index contributed by atoms with van der Waals surface area (Å²) in [6, 6.07) is 18.9. The molecular formula is C19H18O. The van der Waals surface area contributed by atoms with Crippen molar-refractivity contribution in [3.05, 3.63) is 71.3 Å². The maximum absolute atomic E-state index is 13.0. The molecule has 1 heteroatoms. The molecule has 0 bridgehead atoms. The fourth-order valence-electron chi connectivity index (χ4n) is 3.69. The molecule has 1 nitrogen and oxygen atoms in total. The van der Waals surface area contributed by atoms with Crippen molar-refractivity contribution < 1.29 is 4.79 Å². The van der Waals surface area contributed by atoms with E-state index in [1.54, 1.807) is 0 Å². The Morgan fingerprint density at radius 2 is 1.40 bits per heavy atom. The molecule has 2 aliphatic rings. The van der Waals surface area contributed by atoms with Crippen LogP contribution in [0.4, 0.5) is 0 Å². The molecule has 0 spiro atoms. The minimum absolute atomic E-state index is 0.159. The van der Waals surface area contributed by atoms with Crippen molar-refractivity contribution >= 4 is 5.78 Å². The van der Waals surface area contributed by atoms with Crippen molar-refractivity contribution in [2.24, 2.45) is 5.92 Å². The maximum Gasteiger partial charge on any atom is 0.147 e. The van der Waals surface area contributed by atoms with Crippen LogP contribution in [0.15, 0.2) is 54.6 Å². The van der Waals surface area contributed by atoms with E-state index < -0.39 is 0 Å². The molecule has 0 aliphatic heterocycles. The van der Waals surface area contributed by atoms with E-state index in [4.69, 9.17) is 0 Å². The number of hydrogen-bond acceptors (Lipinski definition) is 1. The van der Waals surface area contributed by atoms with E-state index >= 15 is 0 Å². The molecule has 2 aromatic carbocycles. The normalized spacial score (nSPS) is 19.6. The topological polar surface area (TPSA) is 17.1 Å². The molecule has 4 rings (SSSR count). The molecule has 0 atom stereocenters. The zero-order chi connectivity index (χ0) is 13.6. The van der Waals surface area contributed by atoms with Crippen LogP contribution in [-0.4, -0.2) is 5.78 Å². The van der Waals surface area contributed by atoms with Crippen LogP contribution in [0.25, 0.3) is 0 Å². The van der Waals surface area contributed by atoms with E-state index in [2.05, 4.69) is 36.4 Å². The number of carbonyl (C=O) groups excluding carboxylic acids is 1. The van der Waals surface area contributed by atoms with E-state index in [1.807, 2.05) is 18.2 Å². The highest BCUT2D eigenvalue weighted by molar-refractivity contribution is 5.95. The predicted molar refractivity (Wildman–Crippen MR) is 79.7 cm³/mol. The highest BCUT2D eigenvalue weighted by Crippen LogP contribution is 2.51. The number of hydrogen-bond donors (Lipinski definition) is 0. The maximum atomic E-state index is 13.0. The number of ketones is 1. The molecule has 20 heavy (non-hydrogen) atoms. The van der Waals surface area contributed by atoms with Gasteiger partial charge in [-0.15, -0.1) is 0 Å². The van der Waals surface area contributed by atoms with Crippen molar-refractivity contribution in [3.8, 4) is 0 Å². The van der Waals surface area contributed by atoms with Gasteiger partial charge >= 0.3 is 0 Å². The largest absolute Gasteiger partial charge is 0.298 e. The summed E-state index contributed by atoms with van der Waals surface area (Å²) in [7, 11) is 0. The SMILES string of the molecule is O=C(C1Cc2ccccc2C1)C1(c2ccccc2)CC1. The van der Waals surface area contributed by atoms with Crippen LogP contribution >= 0.6 is 0 Å². The number of rotatable bonds is 3. The fraction of sp³-hybridized carbons (Fsp3) is 0.316. The first kappa shape index (κ1) is 11.9. The van der Waals surface area contributed by atoms with Crippen LogP contribution in [0.2, 0.25) is 0 Å². The Hall–Kier alpha value is -1.89. The molecular weight excluding hydrogens is 244 g/mol. The standard InChI is InChI=1S/C19H18O/c20-18(16-12-14-6-4-5-7-15(14)13-16)19(10-11-19)17-8-2-1-3-9-17/h1-9,16H,10-13H2. The lowest BCUT2D eigenvalue weighted by molar-refractivity contribution is -0.125. The van der Waals surface area contributed by atoms with Gasteiger partial charge in [0, 0.05) is 5.92 Å². The molecule has 1 fully saturated rings. The lowest BCUT2D eigenvalue weighted by atomic mass is 9.83. The minimum atomic E-state index is -0.159. The van der Waals surface area contributed by atoms with Gasteiger partial charge in [0.1, 0.15) is 5.78 Å². The van der Waals surface area contributed by atoms with Gasteiger partial charge in [0.05, 0.1) is 5.41 Å². The van der Waals surface area contributed by atoms with Crippen LogP contribution < -0.4 is 0 Å². The molecule has 0 amide bonds. The van der Waals surface area contributed by atoms with Gasteiger partial charge in [-0.05, 0) is 42.4 Å². The van der Waals surface area contributed by atoms with Crippen molar-refractivity contribution in [3.63, 3.8) is 0 Å². The third-order valence-corrected chi connectivity index (χ3v) is 4.97. The van der Waals surface area contributed by atoms with Gasteiger partial charge < -0.3 is 0 Å². The summed E-state index contributed by atoms with van der Waals surface area (Å²) in [6.07, 6.45) is 3.93. The Bertz CT molecular complexity index is 627. The lowest BCUT2D eigenvalue weighted by Gasteiger charge is -2.18. The predicted octanol–water partition coefficient (Wildman–Crippen LogP) is 3.70. The molecule has 100 valence electrons. The van der Waals surface area contributed by atoms with Crippen molar-refractivity contribution in [2.75, 3.05) is 0 Å². The second kappa shape index (κ2) is 4.31. The summed E-state index contributed by atoms with van der Waals surface area (Å²) >= 11 is 0. The van der Waals surface area contributed by atoms with Crippen LogP contribution in [0, 0.1) is 5.92 Å². The van der Waals surface area contributed by atoms with Crippen LogP contribution in [0.3, 0.4) is 0 Å².